The van der Waals surface area contributed by atoms with Crippen molar-refractivity contribution >= 4 is 34.0 Å². The summed E-state index contributed by atoms with van der Waals surface area (Å²) in [6.45, 7) is 5.81. The summed E-state index contributed by atoms with van der Waals surface area (Å²) in [6.07, 6.45) is -0.259. The molecule has 0 unspecified atom stereocenters. The zero-order valence-corrected chi connectivity index (χ0v) is 15.5. The Morgan fingerprint density at radius 1 is 0.957 bits per heavy atom. The van der Waals surface area contributed by atoms with E-state index in [1.807, 2.05) is 11.3 Å². The van der Waals surface area contributed by atoms with Crippen molar-refractivity contribution in [1.29, 1.82) is 0 Å². The number of thiophene rings is 3. The standard InChI is InChI=1S/C18H18O2S3/c1-18(2)10-19-17(20-11-18)12-9-15(13-5-3-7-21-13)23-16(12)14-6-4-8-22-14/h3-9,17H,10-11H2,1-2H3. The predicted octanol–water partition coefficient (Wildman–Crippen LogP) is 6.28. The molecule has 1 saturated heterocycles. The lowest BCUT2D eigenvalue weighted by Gasteiger charge is -2.34. The zero-order valence-electron chi connectivity index (χ0n) is 13.1. The molecule has 0 atom stereocenters. The molecule has 0 N–H and O–H groups in total. The summed E-state index contributed by atoms with van der Waals surface area (Å²) in [5.41, 5.74) is 1.25. The van der Waals surface area contributed by atoms with Gasteiger partial charge in [-0.3, -0.25) is 0 Å². The van der Waals surface area contributed by atoms with E-state index in [1.54, 1.807) is 22.7 Å². The minimum atomic E-state index is -0.259. The van der Waals surface area contributed by atoms with Crippen LogP contribution < -0.4 is 0 Å². The molecule has 1 aliphatic rings. The average Bonchev–Trinajstić information content (AvgIpc) is 3.27. The van der Waals surface area contributed by atoms with Crippen LogP contribution in [0.4, 0.5) is 0 Å². The number of hydrogen-bond acceptors (Lipinski definition) is 5. The van der Waals surface area contributed by atoms with E-state index in [2.05, 4.69) is 54.9 Å². The van der Waals surface area contributed by atoms with Crippen LogP contribution in [0.3, 0.4) is 0 Å². The van der Waals surface area contributed by atoms with Crippen LogP contribution in [-0.4, -0.2) is 13.2 Å². The second kappa shape index (κ2) is 6.15. The van der Waals surface area contributed by atoms with Gasteiger partial charge in [0.1, 0.15) is 0 Å². The zero-order chi connectivity index (χ0) is 15.9. The van der Waals surface area contributed by atoms with Gasteiger partial charge in [0.05, 0.1) is 18.1 Å². The molecule has 0 amide bonds. The van der Waals surface area contributed by atoms with Gasteiger partial charge in [-0.15, -0.1) is 34.0 Å². The highest BCUT2D eigenvalue weighted by molar-refractivity contribution is 7.26. The first-order valence-electron chi connectivity index (χ1n) is 7.57. The molecular weight excluding hydrogens is 344 g/mol. The number of rotatable bonds is 3. The van der Waals surface area contributed by atoms with E-state index in [1.165, 1.54) is 19.5 Å². The Morgan fingerprint density at radius 3 is 2.22 bits per heavy atom. The molecule has 0 spiro atoms. The SMILES string of the molecule is CC1(C)COC(c2cc(-c3cccs3)sc2-c2cccs2)OC1. The highest BCUT2D eigenvalue weighted by atomic mass is 32.1. The number of ether oxygens (including phenoxy) is 2. The Kier molecular flexibility index (Phi) is 4.15. The van der Waals surface area contributed by atoms with Crippen LogP contribution in [0.25, 0.3) is 19.5 Å². The maximum absolute atomic E-state index is 6.04. The molecule has 3 aromatic rings. The molecule has 3 aromatic heterocycles. The van der Waals surface area contributed by atoms with Crippen molar-refractivity contribution in [2.75, 3.05) is 13.2 Å². The molecule has 0 radical (unpaired) electrons. The van der Waals surface area contributed by atoms with Gasteiger partial charge in [-0.25, -0.2) is 0 Å². The van der Waals surface area contributed by atoms with Crippen LogP contribution in [0.5, 0.6) is 0 Å². The topological polar surface area (TPSA) is 18.5 Å². The van der Waals surface area contributed by atoms with E-state index in [4.69, 9.17) is 9.47 Å². The van der Waals surface area contributed by atoms with Crippen molar-refractivity contribution in [3.05, 3.63) is 46.7 Å². The summed E-state index contributed by atoms with van der Waals surface area (Å²) in [4.78, 5) is 5.14. The fraction of sp³-hybridized carbons (Fsp3) is 0.333. The minimum absolute atomic E-state index is 0.0895. The molecule has 4 heterocycles. The highest BCUT2D eigenvalue weighted by Crippen LogP contribution is 2.46. The maximum Gasteiger partial charge on any atom is 0.185 e. The third kappa shape index (κ3) is 3.16. The van der Waals surface area contributed by atoms with E-state index in [9.17, 15) is 0 Å². The smallest absolute Gasteiger partial charge is 0.185 e. The lowest BCUT2D eigenvalue weighted by atomic mass is 9.95. The fourth-order valence-electron chi connectivity index (χ4n) is 2.59. The maximum atomic E-state index is 6.04. The van der Waals surface area contributed by atoms with Gasteiger partial charge in [0.25, 0.3) is 0 Å². The average molecular weight is 363 g/mol. The molecular formula is C18H18O2S3. The predicted molar refractivity (Wildman–Crippen MR) is 99.4 cm³/mol. The van der Waals surface area contributed by atoms with Crippen molar-refractivity contribution in [2.45, 2.75) is 20.1 Å². The molecule has 4 rings (SSSR count). The van der Waals surface area contributed by atoms with E-state index in [-0.39, 0.29) is 11.7 Å². The monoisotopic (exact) mass is 362 g/mol. The van der Waals surface area contributed by atoms with Gasteiger partial charge in [0.2, 0.25) is 0 Å². The van der Waals surface area contributed by atoms with Crippen molar-refractivity contribution < 1.29 is 9.47 Å². The molecule has 0 aromatic carbocycles. The Morgan fingerprint density at radius 2 is 1.61 bits per heavy atom. The van der Waals surface area contributed by atoms with Gasteiger partial charge in [0.15, 0.2) is 6.29 Å². The molecule has 1 aliphatic heterocycles. The summed E-state index contributed by atoms with van der Waals surface area (Å²) < 4.78 is 12.1. The minimum Gasteiger partial charge on any atom is -0.348 e. The van der Waals surface area contributed by atoms with Gasteiger partial charge >= 0.3 is 0 Å². The summed E-state index contributed by atoms with van der Waals surface area (Å²) in [7, 11) is 0. The Labute approximate surface area is 148 Å². The normalized spacial score (nSPS) is 18.3. The van der Waals surface area contributed by atoms with E-state index >= 15 is 0 Å². The van der Waals surface area contributed by atoms with E-state index in [0.717, 1.165) is 18.8 Å². The molecule has 5 heteroatoms. The summed E-state index contributed by atoms with van der Waals surface area (Å²) >= 11 is 5.37. The lowest BCUT2D eigenvalue weighted by molar-refractivity contribution is -0.225. The molecule has 23 heavy (non-hydrogen) atoms. The summed E-state index contributed by atoms with van der Waals surface area (Å²) in [5, 5.41) is 4.24. The lowest BCUT2D eigenvalue weighted by Crippen LogP contribution is -2.33. The van der Waals surface area contributed by atoms with Gasteiger partial charge in [-0.05, 0) is 29.0 Å². The highest BCUT2D eigenvalue weighted by Gasteiger charge is 2.31. The molecule has 120 valence electrons. The quantitative estimate of drug-likeness (QED) is 0.546. The summed E-state index contributed by atoms with van der Waals surface area (Å²) in [6, 6.07) is 10.8. The molecule has 0 saturated carbocycles. The van der Waals surface area contributed by atoms with Crippen molar-refractivity contribution in [3.63, 3.8) is 0 Å². The van der Waals surface area contributed by atoms with Crippen molar-refractivity contribution in [2.24, 2.45) is 5.41 Å². The fourth-order valence-corrected chi connectivity index (χ4v) is 5.47. The van der Waals surface area contributed by atoms with Crippen molar-refractivity contribution in [1.82, 2.24) is 0 Å². The second-order valence-corrected chi connectivity index (χ2v) is 9.42. The van der Waals surface area contributed by atoms with Crippen LogP contribution in [0.1, 0.15) is 25.7 Å². The van der Waals surface area contributed by atoms with Gasteiger partial charge in [-0.2, -0.15) is 0 Å². The van der Waals surface area contributed by atoms with Crippen LogP contribution in [0.2, 0.25) is 0 Å². The number of hydrogen-bond donors (Lipinski definition) is 0. The van der Waals surface area contributed by atoms with Gasteiger partial charge in [0, 0.05) is 25.6 Å². The second-order valence-electron chi connectivity index (χ2n) is 6.47. The first-order chi connectivity index (χ1) is 11.1. The Balaban J connectivity index is 1.73. The van der Waals surface area contributed by atoms with E-state index in [0.29, 0.717) is 0 Å². The van der Waals surface area contributed by atoms with Crippen LogP contribution in [-0.2, 0) is 9.47 Å². The van der Waals surface area contributed by atoms with Crippen molar-refractivity contribution in [3.8, 4) is 19.5 Å². The van der Waals surface area contributed by atoms with Gasteiger partial charge < -0.3 is 9.47 Å². The molecule has 2 nitrogen and oxygen atoms in total. The van der Waals surface area contributed by atoms with E-state index < -0.39 is 0 Å². The third-order valence-electron chi connectivity index (χ3n) is 3.77. The Bertz CT molecular complexity index is 759. The third-order valence-corrected chi connectivity index (χ3v) is 7.04. The van der Waals surface area contributed by atoms with Gasteiger partial charge in [-0.1, -0.05) is 26.0 Å². The summed E-state index contributed by atoms with van der Waals surface area (Å²) in [5.74, 6) is 0. The molecule has 0 aliphatic carbocycles. The largest absolute Gasteiger partial charge is 0.348 e. The Hall–Kier alpha value is -0.980. The molecule has 1 fully saturated rings. The van der Waals surface area contributed by atoms with Crippen LogP contribution >= 0.6 is 34.0 Å². The first-order valence-corrected chi connectivity index (χ1v) is 10.1. The van der Waals surface area contributed by atoms with Crippen LogP contribution in [0, 0.1) is 5.41 Å². The molecule has 0 bridgehead atoms. The van der Waals surface area contributed by atoms with Crippen LogP contribution in [0.15, 0.2) is 41.1 Å². The first kappa shape index (κ1) is 15.5.